The molecule has 0 aliphatic rings. The van der Waals surface area contributed by atoms with E-state index in [1.807, 2.05) is 6.07 Å². The molecule has 2 aromatic heterocycles. The molecule has 0 aliphatic carbocycles. The summed E-state index contributed by atoms with van der Waals surface area (Å²) >= 11 is 0. The molecule has 0 atom stereocenters. The smallest absolute Gasteiger partial charge is 0.270 e. The van der Waals surface area contributed by atoms with Gasteiger partial charge in [0.15, 0.2) is 0 Å². The molecule has 6 nitrogen and oxygen atoms in total. The molecule has 3 aromatic rings. The van der Waals surface area contributed by atoms with Gasteiger partial charge in [-0.15, -0.1) is 0 Å². The summed E-state index contributed by atoms with van der Waals surface area (Å²) in [5.74, 6) is 1.18. The third-order valence-corrected chi connectivity index (χ3v) is 3.73. The Morgan fingerprint density at radius 3 is 2.81 bits per heavy atom. The first-order valence-corrected chi connectivity index (χ1v) is 8.25. The predicted octanol–water partition coefficient (Wildman–Crippen LogP) is 3.10. The van der Waals surface area contributed by atoms with Crippen LogP contribution < -0.4 is 10.6 Å². The molecular weight excluding hydrogens is 335 g/mol. The summed E-state index contributed by atoms with van der Waals surface area (Å²) in [6.45, 7) is 2.49. The number of nitrogens with zero attached hydrogens (tertiary/aromatic N) is 2. The molecular formula is C19H19FN4O2. The van der Waals surface area contributed by atoms with Gasteiger partial charge in [-0.3, -0.25) is 4.79 Å². The number of aromatic nitrogens is 2. The van der Waals surface area contributed by atoms with Crippen LogP contribution in [0.15, 0.2) is 53.1 Å². The summed E-state index contributed by atoms with van der Waals surface area (Å²) in [5, 5.41) is 5.85. The zero-order valence-electron chi connectivity index (χ0n) is 14.3. The number of carbonyl (C=O) groups excluding carboxylic acids is 1. The second-order valence-corrected chi connectivity index (χ2v) is 5.72. The molecule has 0 fully saturated rings. The van der Waals surface area contributed by atoms with Crippen molar-refractivity contribution in [3.63, 3.8) is 0 Å². The molecule has 0 spiro atoms. The third-order valence-electron chi connectivity index (χ3n) is 3.73. The van der Waals surface area contributed by atoms with Gasteiger partial charge in [-0.05, 0) is 37.1 Å². The first kappa shape index (κ1) is 17.6. The van der Waals surface area contributed by atoms with Crippen LogP contribution in [0.3, 0.4) is 0 Å². The second-order valence-electron chi connectivity index (χ2n) is 5.72. The number of furan rings is 1. The molecule has 0 saturated heterocycles. The summed E-state index contributed by atoms with van der Waals surface area (Å²) < 4.78 is 18.8. The average Bonchev–Trinajstić information content (AvgIpc) is 3.14. The molecule has 134 valence electrons. The van der Waals surface area contributed by atoms with Gasteiger partial charge >= 0.3 is 0 Å². The standard InChI is InChI=1S/C19H19FN4O2/c1-13-23-17(11-18(24-13)22-12-15-6-4-10-26-15)19(25)21-9-8-14-5-2-3-7-16(14)20/h2-7,10-11H,8-9,12H2,1H3,(H,21,25)(H,22,23,24). The Kier molecular flexibility index (Phi) is 5.58. The number of halogens is 1. The van der Waals surface area contributed by atoms with Crippen molar-refractivity contribution in [3.8, 4) is 0 Å². The van der Waals surface area contributed by atoms with Gasteiger partial charge in [0.2, 0.25) is 0 Å². The highest BCUT2D eigenvalue weighted by atomic mass is 19.1. The second kappa shape index (κ2) is 8.24. The molecule has 0 aliphatic heterocycles. The van der Waals surface area contributed by atoms with Crippen molar-refractivity contribution in [2.24, 2.45) is 0 Å². The van der Waals surface area contributed by atoms with Crippen LogP contribution in [-0.2, 0) is 13.0 Å². The number of rotatable bonds is 7. The van der Waals surface area contributed by atoms with Crippen molar-refractivity contribution in [3.05, 3.63) is 77.4 Å². The lowest BCUT2D eigenvalue weighted by Crippen LogP contribution is -2.27. The van der Waals surface area contributed by atoms with Crippen molar-refractivity contribution in [2.75, 3.05) is 11.9 Å². The number of amides is 1. The minimum absolute atomic E-state index is 0.257. The first-order chi connectivity index (χ1) is 12.6. The normalized spacial score (nSPS) is 10.5. The van der Waals surface area contributed by atoms with Gasteiger partial charge < -0.3 is 15.1 Å². The van der Waals surface area contributed by atoms with E-state index in [1.54, 1.807) is 43.5 Å². The SMILES string of the molecule is Cc1nc(NCc2ccco2)cc(C(=O)NCCc2ccccc2F)n1. The number of benzene rings is 1. The van der Waals surface area contributed by atoms with Gasteiger partial charge in [-0.25, -0.2) is 14.4 Å². The summed E-state index contributed by atoms with van der Waals surface area (Å²) in [6, 6.07) is 11.7. The molecule has 1 amide bonds. The zero-order chi connectivity index (χ0) is 18.4. The fourth-order valence-corrected chi connectivity index (χ4v) is 2.47. The number of anilines is 1. The zero-order valence-corrected chi connectivity index (χ0v) is 14.3. The number of nitrogens with one attached hydrogen (secondary N) is 2. The minimum atomic E-state index is -0.326. The van der Waals surface area contributed by atoms with E-state index in [-0.39, 0.29) is 17.4 Å². The number of aryl methyl sites for hydroxylation is 1. The van der Waals surface area contributed by atoms with Crippen LogP contribution in [0.4, 0.5) is 10.2 Å². The maximum Gasteiger partial charge on any atom is 0.270 e. The van der Waals surface area contributed by atoms with Gasteiger partial charge in [-0.1, -0.05) is 18.2 Å². The fraction of sp³-hybridized carbons (Fsp3) is 0.211. The quantitative estimate of drug-likeness (QED) is 0.681. The average molecular weight is 354 g/mol. The van der Waals surface area contributed by atoms with Crippen LogP contribution in [0.5, 0.6) is 0 Å². The molecule has 0 radical (unpaired) electrons. The lowest BCUT2D eigenvalue weighted by atomic mass is 10.1. The van der Waals surface area contributed by atoms with E-state index in [2.05, 4.69) is 20.6 Å². The summed E-state index contributed by atoms with van der Waals surface area (Å²) in [6.07, 6.45) is 2.00. The molecule has 1 aromatic carbocycles. The van der Waals surface area contributed by atoms with E-state index in [0.29, 0.717) is 36.7 Å². The van der Waals surface area contributed by atoms with Crippen molar-refractivity contribution >= 4 is 11.7 Å². The highest BCUT2D eigenvalue weighted by molar-refractivity contribution is 5.92. The third kappa shape index (κ3) is 4.66. The Morgan fingerprint density at radius 1 is 1.19 bits per heavy atom. The lowest BCUT2D eigenvalue weighted by Gasteiger charge is -2.09. The number of carbonyl (C=O) groups is 1. The maximum absolute atomic E-state index is 13.6. The largest absolute Gasteiger partial charge is 0.467 e. The molecule has 0 saturated carbocycles. The Morgan fingerprint density at radius 2 is 2.04 bits per heavy atom. The Bertz CT molecular complexity index is 881. The van der Waals surface area contributed by atoms with Crippen LogP contribution in [-0.4, -0.2) is 22.4 Å². The number of hydrogen-bond acceptors (Lipinski definition) is 5. The van der Waals surface area contributed by atoms with Crippen LogP contribution in [0.1, 0.15) is 27.6 Å². The predicted molar refractivity (Wildman–Crippen MR) is 95.2 cm³/mol. The van der Waals surface area contributed by atoms with E-state index in [0.717, 1.165) is 5.76 Å². The van der Waals surface area contributed by atoms with Gasteiger partial charge in [0.05, 0.1) is 12.8 Å². The molecule has 0 unspecified atom stereocenters. The molecule has 0 bridgehead atoms. The van der Waals surface area contributed by atoms with Gasteiger partial charge in [0.25, 0.3) is 5.91 Å². The molecule has 3 rings (SSSR count). The molecule has 26 heavy (non-hydrogen) atoms. The van der Waals surface area contributed by atoms with Crippen molar-refractivity contribution in [1.29, 1.82) is 0 Å². The van der Waals surface area contributed by atoms with Gasteiger partial charge in [0.1, 0.15) is 28.9 Å². The van der Waals surface area contributed by atoms with E-state index in [1.165, 1.54) is 6.07 Å². The van der Waals surface area contributed by atoms with Crippen LogP contribution in [0.25, 0.3) is 0 Å². The molecule has 7 heteroatoms. The van der Waals surface area contributed by atoms with Crippen LogP contribution in [0.2, 0.25) is 0 Å². The monoisotopic (exact) mass is 354 g/mol. The molecule has 2 N–H and O–H groups in total. The highest BCUT2D eigenvalue weighted by Crippen LogP contribution is 2.10. The first-order valence-electron chi connectivity index (χ1n) is 8.25. The lowest BCUT2D eigenvalue weighted by molar-refractivity contribution is 0.0948. The van der Waals surface area contributed by atoms with E-state index in [4.69, 9.17) is 4.42 Å². The Labute approximate surface area is 150 Å². The Hall–Kier alpha value is -3.22. The van der Waals surface area contributed by atoms with Crippen LogP contribution >= 0.6 is 0 Å². The summed E-state index contributed by atoms with van der Waals surface area (Å²) in [5.41, 5.74) is 0.820. The Balaban J connectivity index is 1.58. The van der Waals surface area contributed by atoms with Crippen molar-refractivity contribution in [2.45, 2.75) is 19.9 Å². The van der Waals surface area contributed by atoms with Crippen molar-refractivity contribution in [1.82, 2.24) is 15.3 Å². The highest BCUT2D eigenvalue weighted by Gasteiger charge is 2.11. The van der Waals surface area contributed by atoms with Crippen molar-refractivity contribution < 1.29 is 13.6 Å². The summed E-state index contributed by atoms with van der Waals surface area (Å²) in [4.78, 5) is 20.7. The van der Waals surface area contributed by atoms with Crippen LogP contribution in [0, 0.1) is 12.7 Å². The van der Waals surface area contributed by atoms with Gasteiger partial charge in [-0.2, -0.15) is 0 Å². The molecule has 2 heterocycles. The number of hydrogen-bond donors (Lipinski definition) is 2. The summed E-state index contributed by atoms with van der Waals surface area (Å²) in [7, 11) is 0. The minimum Gasteiger partial charge on any atom is -0.467 e. The van der Waals surface area contributed by atoms with E-state index >= 15 is 0 Å². The fourth-order valence-electron chi connectivity index (χ4n) is 2.47. The topological polar surface area (TPSA) is 80.0 Å². The van der Waals surface area contributed by atoms with E-state index in [9.17, 15) is 9.18 Å². The van der Waals surface area contributed by atoms with E-state index < -0.39 is 0 Å². The van der Waals surface area contributed by atoms with Gasteiger partial charge in [0, 0.05) is 12.6 Å². The maximum atomic E-state index is 13.6.